The standard InChI is InChI=1S/C11H14N2OS.ClH/c12-11(3-4-11)10(14)13-5-1-8-2-6-15-9(8)7-13;/h2,6H,1,3-5,7,12H2;1H. The number of nitrogens with two attached hydrogens (primary N) is 1. The van der Waals surface area contributed by atoms with Crippen LogP contribution in [0.3, 0.4) is 0 Å². The fourth-order valence-electron chi connectivity index (χ4n) is 2.07. The molecule has 1 aliphatic heterocycles. The fraction of sp³-hybridized carbons (Fsp3) is 0.545. The number of halogens is 1. The molecule has 0 unspecified atom stereocenters. The molecule has 0 spiro atoms. The summed E-state index contributed by atoms with van der Waals surface area (Å²) in [5, 5.41) is 2.11. The van der Waals surface area contributed by atoms with E-state index in [1.807, 2.05) is 4.90 Å². The molecule has 16 heavy (non-hydrogen) atoms. The Balaban J connectivity index is 0.000000963. The number of carbonyl (C=O) groups is 1. The second-order valence-corrected chi connectivity index (χ2v) is 5.50. The second kappa shape index (κ2) is 4.02. The van der Waals surface area contributed by atoms with E-state index >= 15 is 0 Å². The summed E-state index contributed by atoms with van der Waals surface area (Å²) in [5.74, 6) is 0.154. The van der Waals surface area contributed by atoms with Gasteiger partial charge in [-0.3, -0.25) is 4.79 Å². The highest BCUT2D eigenvalue weighted by molar-refractivity contribution is 7.10. The van der Waals surface area contributed by atoms with Gasteiger partial charge in [0.05, 0.1) is 12.1 Å². The smallest absolute Gasteiger partial charge is 0.242 e. The Kier molecular flexibility index (Phi) is 2.99. The van der Waals surface area contributed by atoms with Crippen LogP contribution in [0.15, 0.2) is 11.4 Å². The summed E-state index contributed by atoms with van der Waals surface area (Å²) in [6, 6.07) is 2.16. The monoisotopic (exact) mass is 258 g/mol. The molecule has 1 saturated carbocycles. The summed E-state index contributed by atoms with van der Waals surface area (Å²) < 4.78 is 0. The molecule has 0 saturated heterocycles. The van der Waals surface area contributed by atoms with Crippen molar-refractivity contribution >= 4 is 29.7 Å². The molecule has 0 radical (unpaired) electrons. The van der Waals surface area contributed by atoms with Gasteiger partial charge in [0.2, 0.25) is 5.91 Å². The average molecular weight is 259 g/mol. The molecule has 0 aromatic carbocycles. The predicted octanol–water partition coefficient (Wildman–Crippen LogP) is 1.55. The van der Waals surface area contributed by atoms with Gasteiger partial charge < -0.3 is 10.6 Å². The number of thiophene rings is 1. The van der Waals surface area contributed by atoms with Crippen molar-refractivity contribution in [1.82, 2.24) is 4.90 Å². The zero-order valence-electron chi connectivity index (χ0n) is 8.94. The number of hydrogen-bond donors (Lipinski definition) is 1. The van der Waals surface area contributed by atoms with Gasteiger partial charge in [0, 0.05) is 11.4 Å². The minimum Gasteiger partial charge on any atom is -0.336 e. The topological polar surface area (TPSA) is 46.3 Å². The minimum absolute atomic E-state index is 0. The van der Waals surface area contributed by atoms with Crippen molar-refractivity contribution in [2.24, 2.45) is 5.73 Å². The maximum atomic E-state index is 12.0. The Morgan fingerprint density at radius 2 is 2.25 bits per heavy atom. The van der Waals surface area contributed by atoms with E-state index in [-0.39, 0.29) is 18.3 Å². The fourth-order valence-corrected chi connectivity index (χ4v) is 3.02. The molecule has 0 atom stereocenters. The highest BCUT2D eigenvalue weighted by Crippen LogP contribution is 2.36. The summed E-state index contributed by atoms with van der Waals surface area (Å²) in [4.78, 5) is 15.3. The molecule has 88 valence electrons. The third-order valence-corrected chi connectivity index (χ3v) is 4.27. The van der Waals surface area contributed by atoms with Gasteiger partial charge in [0.15, 0.2) is 0 Å². The van der Waals surface area contributed by atoms with Gasteiger partial charge in [-0.05, 0) is 36.3 Å². The molecule has 5 heteroatoms. The molecule has 2 heterocycles. The molecule has 2 N–H and O–H groups in total. The Morgan fingerprint density at radius 3 is 2.94 bits per heavy atom. The number of amides is 1. The van der Waals surface area contributed by atoms with Crippen molar-refractivity contribution in [2.45, 2.75) is 31.3 Å². The number of carbonyl (C=O) groups excluding carboxylic acids is 1. The van der Waals surface area contributed by atoms with Gasteiger partial charge in [0.1, 0.15) is 0 Å². The van der Waals surface area contributed by atoms with Crippen LogP contribution in [0.25, 0.3) is 0 Å². The van der Waals surface area contributed by atoms with E-state index in [2.05, 4.69) is 11.4 Å². The van der Waals surface area contributed by atoms with Crippen molar-refractivity contribution in [3.05, 3.63) is 21.9 Å². The van der Waals surface area contributed by atoms with Crippen molar-refractivity contribution in [1.29, 1.82) is 0 Å². The van der Waals surface area contributed by atoms with E-state index in [9.17, 15) is 4.79 Å². The number of nitrogens with zero attached hydrogens (tertiary/aromatic N) is 1. The molecule has 2 aliphatic rings. The Hall–Kier alpha value is -0.580. The van der Waals surface area contributed by atoms with Crippen molar-refractivity contribution in [3.8, 4) is 0 Å². The molecular weight excluding hydrogens is 244 g/mol. The van der Waals surface area contributed by atoms with Crippen LogP contribution in [0.2, 0.25) is 0 Å². The first-order chi connectivity index (χ1) is 7.19. The zero-order valence-corrected chi connectivity index (χ0v) is 10.6. The van der Waals surface area contributed by atoms with Crippen molar-refractivity contribution in [3.63, 3.8) is 0 Å². The van der Waals surface area contributed by atoms with Crippen LogP contribution in [-0.2, 0) is 17.8 Å². The normalized spacial score (nSPS) is 20.9. The maximum Gasteiger partial charge on any atom is 0.242 e. The Labute approximate surface area is 105 Å². The highest BCUT2D eigenvalue weighted by atomic mass is 35.5. The lowest BCUT2D eigenvalue weighted by Crippen LogP contribution is -2.47. The minimum atomic E-state index is -0.505. The summed E-state index contributed by atoms with van der Waals surface area (Å²) in [6.07, 6.45) is 2.71. The maximum absolute atomic E-state index is 12.0. The van der Waals surface area contributed by atoms with Gasteiger partial charge >= 0.3 is 0 Å². The van der Waals surface area contributed by atoms with E-state index < -0.39 is 5.54 Å². The summed E-state index contributed by atoms with van der Waals surface area (Å²) in [7, 11) is 0. The van der Waals surface area contributed by atoms with Crippen LogP contribution >= 0.6 is 23.7 Å². The number of hydrogen-bond acceptors (Lipinski definition) is 3. The Bertz CT molecular complexity index is 414. The number of fused-ring (bicyclic) bond motifs is 1. The average Bonchev–Trinajstić information content (AvgIpc) is 2.82. The summed E-state index contributed by atoms with van der Waals surface area (Å²) >= 11 is 1.74. The van der Waals surface area contributed by atoms with E-state index in [4.69, 9.17) is 5.73 Å². The lowest BCUT2D eigenvalue weighted by Gasteiger charge is -2.29. The van der Waals surface area contributed by atoms with Crippen LogP contribution in [0.4, 0.5) is 0 Å². The molecular formula is C11H15ClN2OS. The Morgan fingerprint density at radius 1 is 1.50 bits per heavy atom. The molecule has 3 rings (SSSR count). The molecule has 1 aromatic heterocycles. The van der Waals surface area contributed by atoms with Gasteiger partial charge in [-0.1, -0.05) is 0 Å². The van der Waals surface area contributed by atoms with Crippen molar-refractivity contribution < 1.29 is 4.79 Å². The molecule has 0 bridgehead atoms. The van der Waals surface area contributed by atoms with Gasteiger partial charge in [0.25, 0.3) is 0 Å². The zero-order chi connectivity index (χ0) is 10.5. The van der Waals surface area contributed by atoms with E-state index in [0.717, 1.165) is 32.4 Å². The first-order valence-corrected chi connectivity index (χ1v) is 6.20. The predicted molar refractivity (Wildman–Crippen MR) is 66.8 cm³/mol. The van der Waals surface area contributed by atoms with Crippen LogP contribution in [0.1, 0.15) is 23.3 Å². The SMILES string of the molecule is Cl.NC1(C(=O)N2CCc3ccsc3C2)CC1. The highest BCUT2D eigenvalue weighted by Gasteiger charge is 2.48. The van der Waals surface area contributed by atoms with Gasteiger partial charge in [-0.2, -0.15) is 0 Å². The van der Waals surface area contributed by atoms with E-state index in [1.54, 1.807) is 11.3 Å². The first kappa shape index (κ1) is 11.9. The lowest BCUT2D eigenvalue weighted by molar-refractivity contribution is -0.134. The van der Waals surface area contributed by atoms with Gasteiger partial charge in [-0.25, -0.2) is 0 Å². The largest absolute Gasteiger partial charge is 0.336 e. The van der Waals surface area contributed by atoms with Crippen LogP contribution in [0.5, 0.6) is 0 Å². The van der Waals surface area contributed by atoms with E-state index in [1.165, 1.54) is 10.4 Å². The molecule has 1 aromatic rings. The quantitative estimate of drug-likeness (QED) is 0.831. The summed E-state index contributed by atoms with van der Waals surface area (Å²) in [6.45, 7) is 1.60. The number of rotatable bonds is 1. The second-order valence-electron chi connectivity index (χ2n) is 4.50. The molecule has 1 fully saturated rings. The van der Waals surface area contributed by atoms with Crippen LogP contribution in [0, 0.1) is 0 Å². The van der Waals surface area contributed by atoms with Crippen LogP contribution in [-0.4, -0.2) is 22.9 Å². The first-order valence-electron chi connectivity index (χ1n) is 5.32. The summed E-state index contributed by atoms with van der Waals surface area (Å²) in [5.41, 5.74) is 6.83. The van der Waals surface area contributed by atoms with Crippen LogP contribution < -0.4 is 5.73 Å². The van der Waals surface area contributed by atoms with Crippen molar-refractivity contribution in [2.75, 3.05) is 6.54 Å². The third-order valence-electron chi connectivity index (χ3n) is 3.33. The third kappa shape index (κ3) is 1.85. The molecule has 3 nitrogen and oxygen atoms in total. The van der Waals surface area contributed by atoms with Gasteiger partial charge in [-0.15, -0.1) is 23.7 Å². The van der Waals surface area contributed by atoms with E-state index in [0.29, 0.717) is 0 Å². The lowest BCUT2D eigenvalue weighted by atomic mass is 10.1. The molecule has 1 amide bonds. The molecule has 1 aliphatic carbocycles.